The normalized spacial score (nSPS) is 8.50. The van der Waals surface area contributed by atoms with Gasteiger partial charge in [0.1, 0.15) is 0 Å². The molecule has 0 aromatic heterocycles. The molecule has 0 aliphatic carbocycles. The summed E-state index contributed by atoms with van der Waals surface area (Å²) in [7, 11) is 0. The van der Waals surface area contributed by atoms with Gasteiger partial charge in [-0.1, -0.05) is 12.0 Å². The Bertz CT molecular complexity index is 394. The Morgan fingerprint density at radius 2 is 2.08 bits per heavy atom. The van der Waals surface area contributed by atoms with Gasteiger partial charge < -0.3 is 0 Å². The maximum absolute atomic E-state index is 11.1. The van der Waals surface area contributed by atoms with E-state index in [1.807, 2.05) is 6.07 Å². The zero-order chi connectivity index (χ0) is 8.97. The second-order valence-corrected chi connectivity index (χ2v) is 2.55. The molecule has 12 heavy (non-hydrogen) atoms. The first-order valence-corrected chi connectivity index (χ1v) is 3.78. The summed E-state index contributed by atoms with van der Waals surface area (Å²) >= 11 is 0. The Balaban J connectivity index is 3.37. The van der Waals surface area contributed by atoms with E-state index in [1.165, 1.54) is 0 Å². The molecule has 0 N–H and O–H groups in total. The average Bonchev–Trinajstić information content (AvgIpc) is 2.16. The van der Waals surface area contributed by atoms with E-state index >= 15 is 0 Å². The first kappa shape index (κ1) is 8.55. The first-order chi connectivity index (χ1) is 5.74. The second-order valence-electron chi connectivity index (χ2n) is 2.55. The molecule has 1 rings (SSSR count). The summed E-state index contributed by atoms with van der Waals surface area (Å²) in [5, 5.41) is 0. The Kier molecular flexibility index (Phi) is 2.66. The van der Waals surface area contributed by atoms with Crippen molar-refractivity contribution in [1.82, 2.24) is 0 Å². The topological polar surface area (TPSA) is 17.1 Å². The van der Waals surface area contributed by atoms with Crippen molar-refractivity contribution in [2.45, 2.75) is 13.8 Å². The minimum atomic E-state index is 0.0548. The van der Waals surface area contributed by atoms with Gasteiger partial charge in [0, 0.05) is 5.56 Å². The smallest absolute Gasteiger partial charge is 0.181 e. The zero-order valence-corrected chi connectivity index (χ0v) is 7.22. The molecule has 0 radical (unpaired) electrons. The Morgan fingerprint density at radius 1 is 1.33 bits per heavy atom. The fraction of sp³-hybridized carbons (Fsp3) is 0.182. The molecule has 0 saturated carbocycles. The maximum Gasteiger partial charge on any atom is 0.181 e. The molecule has 0 heterocycles. The van der Waals surface area contributed by atoms with Crippen molar-refractivity contribution >= 4 is 0 Å². The highest BCUT2D eigenvalue weighted by Gasteiger charge is 1.89. The maximum atomic E-state index is 11.1. The van der Waals surface area contributed by atoms with E-state index in [4.69, 9.17) is 0 Å². The number of rotatable bonds is 0. The van der Waals surface area contributed by atoms with Gasteiger partial charge in [-0.25, -0.2) is 0 Å². The Hall–Kier alpha value is -1.55. The van der Waals surface area contributed by atoms with Gasteiger partial charge in [0.2, 0.25) is 0 Å². The lowest BCUT2D eigenvalue weighted by molar-refractivity contribution is 1.43. The lowest BCUT2D eigenvalue weighted by Crippen LogP contribution is -1.97. The van der Waals surface area contributed by atoms with Crippen LogP contribution in [0.25, 0.3) is 0 Å². The van der Waals surface area contributed by atoms with Gasteiger partial charge in [-0.05, 0) is 37.6 Å². The van der Waals surface area contributed by atoms with Crippen molar-refractivity contribution in [2.24, 2.45) is 0 Å². The van der Waals surface area contributed by atoms with E-state index in [2.05, 4.69) is 11.8 Å². The number of hydrogen-bond donors (Lipinski definition) is 0. The minimum absolute atomic E-state index is 0.0548. The van der Waals surface area contributed by atoms with Gasteiger partial charge in [-0.15, -0.1) is 5.92 Å². The molecule has 0 amide bonds. The van der Waals surface area contributed by atoms with E-state index in [0.717, 1.165) is 11.1 Å². The van der Waals surface area contributed by atoms with Crippen molar-refractivity contribution < 1.29 is 0 Å². The van der Waals surface area contributed by atoms with Crippen LogP contribution in [0.2, 0.25) is 0 Å². The zero-order valence-electron chi connectivity index (χ0n) is 7.22. The molecule has 0 bridgehead atoms. The van der Waals surface area contributed by atoms with Crippen LogP contribution >= 0.6 is 0 Å². The van der Waals surface area contributed by atoms with Gasteiger partial charge >= 0.3 is 0 Å². The van der Waals surface area contributed by atoms with Gasteiger partial charge in [0.05, 0.1) is 0 Å². The summed E-state index contributed by atoms with van der Waals surface area (Å²) < 4.78 is 0. The molecule has 0 atom stereocenters. The molecule has 0 spiro atoms. The van der Waals surface area contributed by atoms with Crippen molar-refractivity contribution in [3.8, 4) is 11.8 Å². The largest absolute Gasteiger partial charge is 0.290 e. The highest BCUT2D eigenvalue weighted by molar-refractivity contribution is 5.35. The summed E-state index contributed by atoms with van der Waals surface area (Å²) in [6.07, 6.45) is 0. The predicted octanol–water partition coefficient (Wildman–Crippen LogP) is 1.73. The third kappa shape index (κ3) is 1.96. The third-order valence-electron chi connectivity index (χ3n) is 1.55. The van der Waals surface area contributed by atoms with Crippen LogP contribution < -0.4 is 5.43 Å². The quantitative estimate of drug-likeness (QED) is 0.525. The molecule has 1 aromatic carbocycles. The van der Waals surface area contributed by atoms with E-state index in [0.29, 0.717) is 0 Å². The molecule has 1 nitrogen and oxygen atoms in total. The molecule has 60 valence electrons. The van der Waals surface area contributed by atoms with Crippen LogP contribution in [-0.2, 0) is 0 Å². The molecule has 0 unspecified atom stereocenters. The van der Waals surface area contributed by atoms with Crippen LogP contribution in [0.15, 0.2) is 29.1 Å². The standard InChI is InChI=1S/C11H10O/c1-3-5-10-6-4-7-11(12)9(2)8-10/h4,6-8H,1-2H3. The monoisotopic (exact) mass is 158 g/mol. The molecule has 0 saturated heterocycles. The molecule has 1 aromatic rings. The summed E-state index contributed by atoms with van der Waals surface area (Å²) in [6.45, 7) is 3.57. The predicted molar refractivity (Wildman–Crippen MR) is 50.0 cm³/mol. The fourth-order valence-corrected chi connectivity index (χ4v) is 0.945. The summed E-state index contributed by atoms with van der Waals surface area (Å²) in [4.78, 5) is 11.1. The Morgan fingerprint density at radius 3 is 2.75 bits per heavy atom. The van der Waals surface area contributed by atoms with E-state index in [-0.39, 0.29) is 5.43 Å². The van der Waals surface area contributed by atoms with Crippen molar-refractivity contribution in [3.63, 3.8) is 0 Å². The van der Waals surface area contributed by atoms with Gasteiger partial charge in [0.25, 0.3) is 0 Å². The number of aryl methyl sites for hydroxylation is 1. The molecule has 0 fully saturated rings. The SMILES string of the molecule is CC#Cc1cccc(=O)c(C)c1. The van der Waals surface area contributed by atoms with E-state index in [9.17, 15) is 4.79 Å². The fourth-order valence-electron chi connectivity index (χ4n) is 0.945. The molecular formula is C11H10O. The summed E-state index contributed by atoms with van der Waals surface area (Å²) in [5.41, 5.74) is 1.68. The average molecular weight is 158 g/mol. The van der Waals surface area contributed by atoms with Crippen LogP contribution in [0.3, 0.4) is 0 Å². The third-order valence-corrected chi connectivity index (χ3v) is 1.55. The molecule has 0 aliphatic heterocycles. The number of hydrogen-bond acceptors (Lipinski definition) is 1. The molecule has 1 heteroatoms. The first-order valence-electron chi connectivity index (χ1n) is 3.78. The van der Waals surface area contributed by atoms with Crippen molar-refractivity contribution in [2.75, 3.05) is 0 Å². The highest BCUT2D eigenvalue weighted by atomic mass is 16.1. The van der Waals surface area contributed by atoms with E-state index < -0.39 is 0 Å². The van der Waals surface area contributed by atoms with Crippen LogP contribution in [-0.4, -0.2) is 0 Å². The highest BCUT2D eigenvalue weighted by Crippen LogP contribution is 1.95. The van der Waals surface area contributed by atoms with Gasteiger partial charge in [-0.2, -0.15) is 0 Å². The molecule has 0 aliphatic rings. The molecular weight excluding hydrogens is 148 g/mol. The van der Waals surface area contributed by atoms with Gasteiger partial charge in [-0.3, -0.25) is 4.79 Å². The van der Waals surface area contributed by atoms with E-state index in [1.54, 1.807) is 32.0 Å². The second kappa shape index (κ2) is 3.73. The summed E-state index contributed by atoms with van der Waals surface area (Å²) in [5.74, 6) is 5.70. The minimum Gasteiger partial charge on any atom is -0.290 e. The van der Waals surface area contributed by atoms with Crippen LogP contribution in [0.5, 0.6) is 0 Å². The van der Waals surface area contributed by atoms with Crippen LogP contribution in [0.1, 0.15) is 18.1 Å². The summed E-state index contributed by atoms with van der Waals surface area (Å²) in [6, 6.07) is 6.93. The van der Waals surface area contributed by atoms with Crippen molar-refractivity contribution in [3.05, 3.63) is 45.6 Å². The lowest BCUT2D eigenvalue weighted by Gasteiger charge is -1.82. The van der Waals surface area contributed by atoms with Gasteiger partial charge in [0.15, 0.2) is 5.43 Å². The Labute approximate surface area is 72.1 Å². The van der Waals surface area contributed by atoms with Crippen LogP contribution in [0, 0.1) is 18.8 Å². The van der Waals surface area contributed by atoms with Crippen LogP contribution in [0.4, 0.5) is 0 Å². The van der Waals surface area contributed by atoms with Crippen molar-refractivity contribution in [1.29, 1.82) is 0 Å². The lowest BCUT2D eigenvalue weighted by atomic mass is 10.2.